The Bertz CT molecular complexity index is 453. The number of likely N-dealkylation sites (N-methyl/N-ethyl adjacent to an activating group) is 1. The number of halogens is 1. The molecule has 0 saturated heterocycles. The van der Waals surface area contributed by atoms with Crippen molar-refractivity contribution in [3.8, 4) is 5.75 Å². The van der Waals surface area contributed by atoms with E-state index in [1.807, 2.05) is 14.0 Å². The van der Waals surface area contributed by atoms with Crippen molar-refractivity contribution in [1.82, 2.24) is 5.32 Å². The molecule has 0 aliphatic heterocycles. The zero-order chi connectivity index (χ0) is 12.8. The number of phenols is 1. The van der Waals surface area contributed by atoms with Gasteiger partial charge in [-0.2, -0.15) is 0 Å². The largest absolute Gasteiger partial charge is 0.505 e. The number of hydrogen-bond donors (Lipinski definition) is 2. The van der Waals surface area contributed by atoms with E-state index in [0.29, 0.717) is 11.3 Å². The fourth-order valence-corrected chi connectivity index (χ4v) is 1.34. The number of nitrogens with zero attached hydrogens (tertiary/aromatic N) is 1. The Morgan fingerprint density at radius 1 is 1.47 bits per heavy atom. The fourth-order valence-electron chi connectivity index (χ4n) is 1.34. The van der Waals surface area contributed by atoms with Crippen LogP contribution in [0.1, 0.15) is 19.4 Å². The summed E-state index contributed by atoms with van der Waals surface area (Å²) in [5.41, 5.74) is 2.46. The lowest BCUT2D eigenvalue weighted by molar-refractivity contribution is 0.432. The maximum Gasteiger partial charge on any atom is 0.165 e. The summed E-state index contributed by atoms with van der Waals surface area (Å²) in [6, 6.07) is 4.24. The van der Waals surface area contributed by atoms with Crippen LogP contribution in [-0.2, 0) is 0 Å². The second-order valence-corrected chi connectivity index (χ2v) is 3.89. The minimum absolute atomic E-state index is 0.344. The summed E-state index contributed by atoms with van der Waals surface area (Å²) in [6.07, 6.45) is 1.75. The van der Waals surface area contributed by atoms with Gasteiger partial charge in [-0.25, -0.2) is 4.39 Å². The van der Waals surface area contributed by atoms with Gasteiger partial charge >= 0.3 is 0 Å². The van der Waals surface area contributed by atoms with E-state index in [4.69, 9.17) is 5.11 Å². The zero-order valence-corrected chi connectivity index (χ0v) is 10.3. The first kappa shape index (κ1) is 13.4. The minimum atomic E-state index is -0.632. The van der Waals surface area contributed by atoms with Gasteiger partial charge < -0.3 is 10.4 Å². The van der Waals surface area contributed by atoms with E-state index >= 15 is 0 Å². The van der Waals surface area contributed by atoms with Crippen molar-refractivity contribution in [3.63, 3.8) is 0 Å². The van der Waals surface area contributed by atoms with Gasteiger partial charge in [-0.1, -0.05) is 0 Å². The van der Waals surface area contributed by atoms with Crippen LogP contribution in [0.4, 0.5) is 4.39 Å². The molecule has 0 atom stereocenters. The van der Waals surface area contributed by atoms with Crippen LogP contribution in [0.3, 0.4) is 0 Å². The molecule has 3 nitrogen and oxygen atoms in total. The molecular weight excluding hydrogens is 219 g/mol. The highest BCUT2D eigenvalue weighted by atomic mass is 19.1. The highest BCUT2D eigenvalue weighted by molar-refractivity contribution is 5.99. The second-order valence-electron chi connectivity index (χ2n) is 3.89. The number of hydrogen-bond acceptors (Lipinski definition) is 3. The van der Waals surface area contributed by atoms with E-state index in [9.17, 15) is 4.39 Å². The summed E-state index contributed by atoms with van der Waals surface area (Å²) in [6.45, 7) is 4.53. The first-order chi connectivity index (χ1) is 8.04. The van der Waals surface area contributed by atoms with Crippen LogP contribution in [0.25, 0.3) is 0 Å². The van der Waals surface area contributed by atoms with E-state index in [2.05, 4.69) is 10.3 Å². The lowest BCUT2D eigenvalue weighted by atomic mass is 10.1. The van der Waals surface area contributed by atoms with E-state index in [0.717, 1.165) is 12.1 Å². The van der Waals surface area contributed by atoms with Crippen LogP contribution in [0.2, 0.25) is 0 Å². The SMILES string of the molecule is CNC/C(C)=C/N=C(\C)c1ccc(O)c(F)c1. The Labute approximate surface area is 101 Å². The third kappa shape index (κ3) is 4.00. The highest BCUT2D eigenvalue weighted by Crippen LogP contribution is 2.16. The molecule has 17 heavy (non-hydrogen) atoms. The molecule has 0 amide bonds. The van der Waals surface area contributed by atoms with Crippen molar-refractivity contribution in [3.05, 3.63) is 41.4 Å². The molecule has 1 rings (SSSR count). The molecule has 0 aromatic heterocycles. The van der Waals surface area contributed by atoms with E-state index in [-0.39, 0.29) is 5.75 Å². The van der Waals surface area contributed by atoms with Gasteiger partial charge in [-0.05, 0) is 50.2 Å². The summed E-state index contributed by atoms with van der Waals surface area (Å²) in [5, 5.41) is 12.1. The van der Waals surface area contributed by atoms with Gasteiger partial charge in [0.15, 0.2) is 11.6 Å². The van der Waals surface area contributed by atoms with E-state index in [1.54, 1.807) is 19.2 Å². The smallest absolute Gasteiger partial charge is 0.165 e. The maximum absolute atomic E-state index is 13.1. The van der Waals surface area contributed by atoms with Crippen molar-refractivity contribution < 1.29 is 9.50 Å². The molecule has 0 fully saturated rings. The number of rotatable bonds is 4. The van der Waals surface area contributed by atoms with Crippen molar-refractivity contribution in [2.24, 2.45) is 4.99 Å². The van der Waals surface area contributed by atoms with Crippen LogP contribution in [0.5, 0.6) is 5.75 Å². The standard InChI is InChI=1S/C13H17FN2O/c1-9(7-15-3)8-16-10(2)11-4-5-13(17)12(14)6-11/h4-6,8,15,17H,7H2,1-3H3/b9-8+,16-10+. The molecule has 0 radical (unpaired) electrons. The Hall–Kier alpha value is -1.68. The van der Waals surface area contributed by atoms with E-state index in [1.165, 1.54) is 12.1 Å². The summed E-state index contributed by atoms with van der Waals surface area (Å²) < 4.78 is 13.1. The van der Waals surface area contributed by atoms with Gasteiger partial charge in [0.25, 0.3) is 0 Å². The Kier molecular flexibility index (Phi) is 4.84. The number of benzene rings is 1. The summed E-state index contributed by atoms with van der Waals surface area (Å²) >= 11 is 0. The monoisotopic (exact) mass is 236 g/mol. The lowest BCUT2D eigenvalue weighted by Crippen LogP contribution is -2.08. The first-order valence-corrected chi connectivity index (χ1v) is 5.38. The van der Waals surface area contributed by atoms with Crippen LogP contribution < -0.4 is 5.32 Å². The van der Waals surface area contributed by atoms with Crippen molar-refractivity contribution >= 4 is 5.71 Å². The third-order valence-electron chi connectivity index (χ3n) is 2.30. The average Bonchev–Trinajstić information content (AvgIpc) is 2.30. The topological polar surface area (TPSA) is 44.6 Å². The average molecular weight is 236 g/mol. The number of aliphatic imine (C=N–C) groups is 1. The molecule has 0 aliphatic rings. The lowest BCUT2D eigenvalue weighted by Gasteiger charge is -2.02. The van der Waals surface area contributed by atoms with E-state index < -0.39 is 5.82 Å². The molecular formula is C13H17FN2O. The van der Waals surface area contributed by atoms with Gasteiger partial charge in [0.1, 0.15) is 0 Å². The predicted molar refractivity (Wildman–Crippen MR) is 68.0 cm³/mol. The molecule has 2 N–H and O–H groups in total. The minimum Gasteiger partial charge on any atom is -0.505 e. The second kappa shape index (κ2) is 6.15. The van der Waals surface area contributed by atoms with Crippen LogP contribution in [0, 0.1) is 5.82 Å². The number of phenolic OH excluding ortho intramolecular Hbond substituents is 1. The molecule has 0 heterocycles. The number of aromatic hydroxyl groups is 1. The van der Waals surface area contributed by atoms with Crippen LogP contribution >= 0.6 is 0 Å². The first-order valence-electron chi connectivity index (χ1n) is 5.38. The molecule has 0 spiro atoms. The van der Waals surface area contributed by atoms with Gasteiger partial charge in [0.05, 0.1) is 0 Å². The molecule has 0 aliphatic carbocycles. The number of nitrogens with one attached hydrogen (secondary N) is 1. The van der Waals surface area contributed by atoms with Crippen molar-refractivity contribution in [2.45, 2.75) is 13.8 Å². The zero-order valence-electron chi connectivity index (χ0n) is 10.3. The van der Waals surface area contributed by atoms with Crippen LogP contribution in [-0.4, -0.2) is 24.4 Å². The third-order valence-corrected chi connectivity index (χ3v) is 2.30. The van der Waals surface area contributed by atoms with Crippen molar-refractivity contribution in [2.75, 3.05) is 13.6 Å². The van der Waals surface area contributed by atoms with Gasteiger partial charge in [-0.3, -0.25) is 4.99 Å². The summed E-state index contributed by atoms with van der Waals surface area (Å²) in [5.74, 6) is -0.976. The highest BCUT2D eigenvalue weighted by Gasteiger charge is 2.03. The molecule has 1 aromatic rings. The quantitative estimate of drug-likeness (QED) is 0.789. The summed E-state index contributed by atoms with van der Waals surface area (Å²) in [7, 11) is 1.86. The van der Waals surface area contributed by atoms with Gasteiger partial charge in [0.2, 0.25) is 0 Å². The normalized spacial score (nSPS) is 12.9. The Balaban J connectivity index is 2.88. The maximum atomic E-state index is 13.1. The van der Waals surface area contributed by atoms with Crippen LogP contribution in [0.15, 0.2) is 35.0 Å². The molecule has 92 valence electrons. The van der Waals surface area contributed by atoms with Gasteiger partial charge in [-0.15, -0.1) is 0 Å². The molecule has 0 saturated carbocycles. The molecule has 4 heteroatoms. The summed E-state index contributed by atoms with van der Waals surface area (Å²) in [4.78, 5) is 4.25. The molecule has 0 bridgehead atoms. The Morgan fingerprint density at radius 3 is 2.76 bits per heavy atom. The van der Waals surface area contributed by atoms with Gasteiger partial charge in [0, 0.05) is 18.5 Å². The van der Waals surface area contributed by atoms with Crippen molar-refractivity contribution in [1.29, 1.82) is 0 Å². The predicted octanol–water partition coefficient (Wildman–Crippen LogP) is 2.46. The molecule has 1 aromatic carbocycles. The molecule has 0 unspecified atom stereocenters. The fraction of sp³-hybridized carbons (Fsp3) is 0.308. The Morgan fingerprint density at radius 2 is 2.18 bits per heavy atom.